The van der Waals surface area contributed by atoms with E-state index in [1.807, 2.05) is 40.8 Å². The molecule has 0 saturated heterocycles. The van der Waals surface area contributed by atoms with Crippen LogP contribution in [0.25, 0.3) is 11.2 Å². The van der Waals surface area contributed by atoms with E-state index in [2.05, 4.69) is 35.0 Å². The van der Waals surface area contributed by atoms with E-state index in [1.54, 1.807) is 12.5 Å². The molecule has 1 aromatic carbocycles. The molecule has 6 nitrogen and oxygen atoms in total. The fraction of sp³-hybridized carbons (Fsp3) is 0.316. The number of aryl methyl sites for hydroxylation is 1. The van der Waals surface area contributed by atoms with Crippen LogP contribution in [0.15, 0.2) is 42.9 Å². The zero-order valence-corrected chi connectivity index (χ0v) is 14.7. The molecule has 0 fully saturated rings. The van der Waals surface area contributed by atoms with Crippen molar-refractivity contribution in [2.24, 2.45) is 7.05 Å². The Morgan fingerprint density at radius 3 is 2.84 bits per heavy atom. The molecular formula is C19H21N5O. The number of hydrogen-bond acceptors (Lipinski definition) is 4. The molecule has 0 bridgehead atoms. The number of carbonyl (C=O) groups is 1. The van der Waals surface area contributed by atoms with E-state index < -0.39 is 0 Å². The zero-order valence-electron chi connectivity index (χ0n) is 14.7. The van der Waals surface area contributed by atoms with Crippen LogP contribution in [-0.4, -0.2) is 52.0 Å². The van der Waals surface area contributed by atoms with Gasteiger partial charge in [0, 0.05) is 31.5 Å². The average molecular weight is 335 g/mol. The van der Waals surface area contributed by atoms with E-state index in [1.165, 1.54) is 5.56 Å². The Labute approximate surface area is 146 Å². The van der Waals surface area contributed by atoms with Gasteiger partial charge in [0.1, 0.15) is 5.52 Å². The summed E-state index contributed by atoms with van der Waals surface area (Å²) in [6.45, 7) is 0.670. The van der Waals surface area contributed by atoms with Gasteiger partial charge < -0.3 is 14.4 Å². The molecular weight excluding hydrogens is 314 g/mol. The zero-order chi connectivity index (χ0) is 17.6. The minimum atomic E-state index is -0.0287. The van der Waals surface area contributed by atoms with Crippen LogP contribution in [0.5, 0.6) is 0 Å². The van der Waals surface area contributed by atoms with Gasteiger partial charge in [0.25, 0.3) is 5.91 Å². The Balaban J connectivity index is 1.74. The first-order valence-corrected chi connectivity index (χ1v) is 8.38. The van der Waals surface area contributed by atoms with Crippen molar-refractivity contribution in [2.45, 2.75) is 12.5 Å². The first-order valence-electron chi connectivity index (χ1n) is 8.38. The van der Waals surface area contributed by atoms with E-state index in [0.717, 1.165) is 23.3 Å². The lowest BCUT2D eigenvalue weighted by molar-refractivity contribution is 0.0975. The number of anilines is 1. The molecule has 0 spiro atoms. The maximum atomic E-state index is 13.2. The van der Waals surface area contributed by atoms with Gasteiger partial charge in [-0.2, -0.15) is 0 Å². The monoisotopic (exact) mass is 335 g/mol. The van der Waals surface area contributed by atoms with Gasteiger partial charge >= 0.3 is 0 Å². The molecule has 0 saturated carbocycles. The Morgan fingerprint density at radius 2 is 2.04 bits per heavy atom. The smallest absolute Gasteiger partial charge is 0.259 e. The van der Waals surface area contributed by atoms with Gasteiger partial charge in [0.15, 0.2) is 5.65 Å². The number of nitrogens with zero attached hydrogens (tertiary/aromatic N) is 5. The maximum Gasteiger partial charge on any atom is 0.259 e. The van der Waals surface area contributed by atoms with Crippen molar-refractivity contribution in [3.63, 3.8) is 0 Å². The number of likely N-dealkylation sites (N-methyl/N-ethyl adjacent to an activating group) is 1. The fourth-order valence-electron chi connectivity index (χ4n) is 3.40. The van der Waals surface area contributed by atoms with Gasteiger partial charge in [-0.15, -0.1) is 0 Å². The Morgan fingerprint density at radius 1 is 1.24 bits per heavy atom. The molecule has 6 heteroatoms. The Hall–Kier alpha value is -2.73. The molecule has 2 aromatic heterocycles. The lowest BCUT2D eigenvalue weighted by atomic mass is 9.96. The summed E-state index contributed by atoms with van der Waals surface area (Å²) in [5.74, 6) is -0.0287. The number of aromatic nitrogens is 3. The van der Waals surface area contributed by atoms with Crippen molar-refractivity contribution in [3.8, 4) is 0 Å². The van der Waals surface area contributed by atoms with Crippen molar-refractivity contribution in [1.29, 1.82) is 0 Å². The minimum absolute atomic E-state index is 0.0287. The van der Waals surface area contributed by atoms with Crippen LogP contribution >= 0.6 is 0 Å². The normalized spacial score (nSPS) is 17.1. The standard InChI is InChI=1S/C19H21N5O/c1-22(2)15-8-13-6-4-5-7-17(13)24(11-15)19(25)14-9-16-18(20-10-14)23(3)12-21-16/h4-7,9-10,12,15H,8,11H2,1-3H3. The Kier molecular flexibility index (Phi) is 3.77. The summed E-state index contributed by atoms with van der Waals surface area (Å²) in [5, 5.41) is 0. The number of hydrogen-bond donors (Lipinski definition) is 0. The number of rotatable bonds is 2. The SMILES string of the molecule is CN(C)C1Cc2ccccc2N(C(=O)c2cnc3c(c2)ncn3C)C1. The highest BCUT2D eigenvalue weighted by Gasteiger charge is 2.30. The highest BCUT2D eigenvalue weighted by Crippen LogP contribution is 2.29. The summed E-state index contributed by atoms with van der Waals surface area (Å²) in [5.41, 5.74) is 4.28. The lowest BCUT2D eigenvalue weighted by Gasteiger charge is -2.37. The van der Waals surface area contributed by atoms with E-state index in [4.69, 9.17) is 0 Å². The van der Waals surface area contributed by atoms with Crippen molar-refractivity contribution in [1.82, 2.24) is 19.4 Å². The maximum absolute atomic E-state index is 13.2. The summed E-state index contributed by atoms with van der Waals surface area (Å²) >= 11 is 0. The fourth-order valence-corrected chi connectivity index (χ4v) is 3.40. The van der Waals surface area contributed by atoms with Crippen molar-refractivity contribution >= 4 is 22.8 Å². The summed E-state index contributed by atoms with van der Waals surface area (Å²) in [7, 11) is 6.01. The number of benzene rings is 1. The first kappa shape index (κ1) is 15.8. The molecule has 1 amide bonds. The third-order valence-corrected chi connectivity index (χ3v) is 4.91. The number of pyridine rings is 1. The number of imidazole rings is 1. The second-order valence-corrected chi connectivity index (χ2v) is 6.79. The average Bonchev–Trinajstić information content (AvgIpc) is 3.00. The second kappa shape index (κ2) is 5.97. The molecule has 0 radical (unpaired) electrons. The molecule has 1 atom stereocenters. The molecule has 25 heavy (non-hydrogen) atoms. The molecule has 1 aliphatic rings. The van der Waals surface area contributed by atoms with Gasteiger partial charge in [-0.1, -0.05) is 18.2 Å². The molecule has 4 rings (SSSR count). The highest BCUT2D eigenvalue weighted by molar-refractivity contribution is 6.07. The van der Waals surface area contributed by atoms with E-state index in [-0.39, 0.29) is 5.91 Å². The molecule has 1 unspecified atom stereocenters. The third kappa shape index (κ3) is 2.68. The van der Waals surface area contributed by atoms with Crippen molar-refractivity contribution in [3.05, 3.63) is 54.0 Å². The van der Waals surface area contributed by atoms with E-state index >= 15 is 0 Å². The summed E-state index contributed by atoms with van der Waals surface area (Å²) < 4.78 is 1.85. The minimum Gasteiger partial charge on any atom is -0.318 e. The van der Waals surface area contributed by atoms with Crippen molar-refractivity contribution in [2.75, 3.05) is 25.5 Å². The lowest BCUT2D eigenvalue weighted by Crippen LogP contribution is -2.48. The van der Waals surface area contributed by atoms with Crippen LogP contribution in [0.2, 0.25) is 0 Å². The van der Waals surface area contributed by atoms with Gasteiger partial charge in [-0.3, -0.25) is 4.79 Å². The van der Waals surface area contributed by atoms with E-state index in [9.17, 15) is 4.79 Å². The van der Waals surface area contributed by atoms with Crippen LogP contribution in [-0.2, 0) is 13.5 Å². The summed E-state index contributed by atoms with van der Waals surface area (Å²) in [4.78, 5) is 26.0. The molecule has 3 heterocycles. The third-order valence-electron chi connectivity index (χ3n) is 4.91. The predicted molar refractivity (Wildman–Crippen MR) is 97.8 cm³/mol. The van der Waals surface area contributed by atoms with Crippen LogP contribution in [0, 0.1) is 0 Å². The van der Waals surface area contributed by atoms with Crippen LogP contribution in [0.1, 0.15) is 15.9 Å². The largest absolute Gasteiger partial charge is 0.318 e. The summed E-state index contributed by atoms with van der Waals surface area (Å²) in [6.07, 6.45) is 4.31. The van der Waals surface area contributed by atoms with Gasteiger partial charge in [-0.25, -0.2) is 9.97 Å². The van der Waals surface area contributed by atoms with Gasteiger partial charge in [0.05, 0.1) is 11.9 Å². The van der Waals surface area contributed by atoms with Crippen LogP contribution in [0.3, 0.4) is 0 Å². The number of carbonyl (C=O) groups excluding carboxylic acids is 1. The molecule has 0 aliphatic carbocycles. The van der Waals surface area contributed by atoms with Gasteiger partial charge in [-0.05, 0) is 38.2 Å². The number of para-hydroxylation sites is 1. The van der Waals surface area contributed by atoms with Crippen molar-refractivity contribution < 1.29 is 4.79 Å². The quantitative estimate of drug-likeness (QED) is 0.720. The second-order valence-electron chi connectivity index (χ2n) is 6.79. The van der Waals surface area contributed by atoms with Crippen LogP contribution in [0.4, 0.5) is 5.69 Å². The number of fused-ring (bicyclic) bond motifs is 2. The van der Waals surface area contributed by atoms with Gasteiger partial charge in [0.2, 0.25) is 0 Å². The Bertz CT molecular complexity index is 946. The molecule has 128 valence electrons. The predicted octanol–water partition coefficient (Wildman–Crippen LogP) is 2.10. The van der Waals surface area contributed by atoms with Crippen LogP contribution < -0.4 is 4.90 Å². The molecule has 3 aromatic rings. The topological polar surface area (TPSA) is 54.3 Å². The summed E-state index contributed by atoms with van der Waals surface area (Å²) in [6, 6.07) is 10.3. The molecule has 0 N–H and O–H groups in total. The first-order chi connectivity index (χ1) is 12.0. The number of amides is 1. The highest BCUT2D eigenvalue weighted by atomic mass is 16.2. The van der Waals surface area contributed by atoms with E-state index in [0.29, 0.717) is 18.2 Å². The molecule has 1 aliphatic heterocycles.